The van der Waals surface area contributed by atoms with E-state index in [0.717, 1.165) is 25.1 Å². The highest BCUT2D eigenvalue weighted by molar-refractivity contribution is 5.80. The Morgan fingerprint density at radius 2 is 2.30 bits per heavy atom. The number of likely N-dealkylation sites (tertiary alicyclic amines) is 2. The number of ether oxygens (including phenoxy) is 1. The topological polar surface area (TPSA) is 80.6 Å². The Hall–Kier alpha value is -1.96. The number of rotatable bonds is 3. The molecule has 8 nitrogen and oxygen atoms in total. The highest BCUT2D eigenvalue weighted by atomic mass is 16.5. The van der Waals surface area contributed by atoms with Crippen LogP contribution in [-0.2, 0) is 20.9 Å². The van der Waals surface area contributed by atoms with Gasteiger partial charge in [0.2, 0.25) is 11.8 Å². The van der Waals surface area contributed by atoms with Crippen LogP contribution in [0.2, 0.25) is 0 Å². The Kier molecular flexibility index (Phi) is 3.76. The molecule has 2 saturated heterocycles. The number of amides is 2. The Bertz CT molecular complexity index is 616. The second kappa shape index (κ2) is 5.92. The lowest BCUT2D eigenvalue weighted by Gasteiger charge is -2.41. The van der Waals surface area contributed by atoms with Crippen molar-refractivity contribution in [2.45, 2.75) is 44.4 Å². The third-order valence-corrected chi connectivity index (χ3v) is 5.05. The fourth-order valence-corrected chi connectivity index (χ4v) is 3.73. The van der Waals surface area contributed by atoms with Crippen LogP contribution in [0.4, 0.5) is 0 Å². The SMILES string of the molecule is O=C1CCCN1CCC(=O)N1CC[C@@H]2OCc3cnnn3[C@H]2C1. The summed E-state index contributed by atoms with van der Waals surface area (Å²) in [6, 6.07) is 0.0485. The van der Waals surface area contributed by atoms with Gasteiger partial charge in [-0.25, -0.2) is 4.68 Å². The summed E-state index contributed by atoms with van der Waals surface area (Å²) in [5.74, 6) is 0.278. The predicted octanol–water partition coefficient (Wildman–Crippen LogP) is -0.0372. The monoisotopic (exact) mass is 319 g/mol. The minimum atomic E-state index is 0.0485. The van der Waals surface area contributed by atoms with Crippen LogP contribution >= 0.6 is 0 Å². The lowest BCUT2D eigenvalue weighted by Crippen LogP contribution is -2.50. The molecule has 0 saturated carbocycles. The molecular weight excluding hydrogens is 298 g/mol. The number of nitrogens with zero attached hydrogens (tertiary/aromatic N) is 5. The Labute approximate surface area is 134 Å². The van der Waals surface area contributed by atoms with Gasteiger partial charge in [0.25, 0.3) is 0 Å². The number of fused-ring (bicyclic) bond motifs is 3. The molecule has 0 N–H and O–H groups in total. The molecule has 2 fully saturated rings. The zero-order valence-electron chi connectivity index (χ0n) is 13.1. The van der Waals surface area contributed by atoms with Gasteiger partial charge >= 0.3 is 0 Å². The fraction of sp³-hybridized carbons (Fsp3) is 0.733. The standard InChI is InChI=1S/C15H21N5O3/c21-14-2-1-5-18(14)7-4-15(22)19-6-3-13-12(9-19)20-11(10-23-13)8-16-17-20/h8,12-13H,1-7,9-10H2/t12-,13-/m0/s1. The Morgan fingerprint density at radius 3 is 3.13 bits per heavy atom. The zero-order chi connectivity index (χ0) is 15.8. The van der Waals surface area contributed by atoms with Crippen LogP contribution < -0.4 is 0 Å². The van der Waals surface area contributed by atoms with Crippen molar-refractivity contribution in [3.8, 4) is 0 Å². The second-order valence-corrected chi connectivity index (χ2v) is 6.45. The van der Waals surface area contributed by atoms with Gasteiger partial charge in [-0.3, -0.25) is 9.59 Å². The Balaban J connectivity index is 1.37. The summed E-state index contributed by atoms with van der Waals surface area (Å²) in [5.41, 5.74) is 0.961. The summed E-state index contributed by atoms with van der Waals surface area (Å²) in [7, 11) is 0. The minimum absolute atomic E-state index is 0.0485. The summed E-state index contributed by atoms with van der Waals surface area (Å²) in [5, 5.41) is 8.10. The number of aromatic nitrogens is 3. The van der Waals surface area contributed by atoms with E-state index in [1.165, 1.54) is 0 Å². The molecule has 23 heavy (non-hydrogen) atoms. The molecule has 3 aliphatic rings. The smallest absolute Gasteiger partial charge is 0.224 e. The maximum atomic E-state index is 12.5. The van der Waals surface area contributed by atoms with E-state index in [9.17, 15) is 9.59 Å². The minimum Gasteiger partial charge on any atom is -0.370 e. The largest absolute Gasteiger partial charge is 0.370 e. The Morgan fingerprint density at radius 1 is 1.39 bits per heavy atom. The highest BCUT2D eigenvalue weighted by Gasteiger charge is 2.37. The van der Waals surface area contributed by atoms with Gasteiger partial charge < -0.3 is 14.5 Å². The lowest BCUT2D eigenvalue weighted by atomic mass is 10.00. The van der Waals surface area contributed by atoms with Crippen molar-refractivity contribution >= 4 is 11.8 Å². The normalized spacial score (nSPS) is 27.0. The van der Waals surface area contributed by atoms with Gasteiger partial charge in [-0.2, -0.15) is 0 Å². The van der Waals surface area contributed by atoms with Crippen molar-refractivity contribution in [2.75, 3.05) is 26.2 Å². The quantitative estimate of drug-likeness (QED) is 0.781. The van der Waals surface area contributed by atoms with E-state index in [4.69, 9.17) is 4.74 Å². The number of piperidine rings is 1. The van der Waals surface area contributed by atoms with Crippen LogP contribution in [0, 0.1) is 0 Å². The van der Waals surface area contributed by atoms with Crippen molar-refractivity contribution in [1.29, 1.82) is 0 Å². The molecule has 8 heteroatoms. The van der Waals surface area contributed by atoms with Crippen molar-refractivity contribution in [2.24, 2.45) is 0 Å². The molecule has 0 bridgehead atoms. The molecule has 0 aliphatic carbocycles. The summed E-state index contributed by atoms with van der Waals surface area (Å²) in [6.07, 6.45) is 4.57. The summed E-state index contributed by atoms with van der Waals surface area (Å²) in [6.45, 7) is 3.17. The van der Waals surface area contributed by atoms with Gasteiger partial charge in [-0.05, 0) is 12.8 Å². The highest BCUT2D eigenvalue weighted by Crippen LogP contribution is 2.30. The van der Waals surface area contributed by atoms with E-state index in [1.54, 1.807) is 11.1 Å². The first kappa shape index (κ1) is 14.6. The molecule has 0 radical (unpaired) electrons. The van der Waals surface area contributed by atoms with E-state index in [0.29, 0.717) is 39.1 Å². The summed E-state index contributed by atoms with van der Waals surface area (Å²) >= 11 is 0. The molecule has 4 heterocycles. The zero-order valence-corrected chi connectivity index (χ0v) is 13.1. The molecule has 124 valence electrons. The average Bonchev–Trinajstić information content (AvgIpc) is 3.20. The molecule has 3 aliphatic heterocycles. The van der Waals surface area contributed by atoms with E-state index in [1.807, 2.05) is 9.58 Å². The first-order valence-electron chi connectivity index (χ1n) is 8.28. The predicted molar refractivity (Wildman–Crippen MR) is 79.3 cm³/mol. The fourth-order valence-electron chi connectivity index (χ4n) is 3.73. The van der Waals surface area contributed by atoms with Crippen molar-refractivity contribution in [3.63, 3.8) is 0 Å². The van der Waals surface area contributed by atoms with Crippen molar-refractivity contribution in [1.82, 2.24) is 24.8 Å². The number of carbonyl (C=O) groups is 2. The lowest BCUT2D eigenvalue weighted by molar-refractivity contribution is -0.138. The maximum absolute atomic E-state index is 12.5. The summed E-state index contributed by atoms with van der Waals surface area (Å²) in [4.78, 5) is 27.8. The van der Waals surface area contributed by atoms with Gasteiger partial charge in [-0.15, -0.1) is 5.10 Å². The molecule has 2 amide bonds. The van der Waals surface area contributed by atoms with Crippen LogP contribution in [-0.4, -0.2) is 68.9 Å². The number of hydrogen-bond donors (Lipinski definition) is 0. The van der Waals surface area contributed by atoms with E-state index >= 15 is 0 Å². The first-order chi connectivity index (χ1) is 11.2. The number of carbonyl (C=O) groups excluding carboxylic acids is 2. The van der Waals surface area contributed by atoms with Gasteiger partial charge in [0.15, 0.2) is 0 Å². The van der Waals surface area contributed by atoms with Crippen LogP contribution in [0.1, 0.15) is 37.4 Å². The molecule has 1 aromatic rings. The molecule has 1 aromatic heterocycles. The molecular formula is C15H21N5O3. The van der Waals surface area contributed by atoms with E-state index in [2.05, 4.69) is 10.3 Å². The molecule has 2 atom stereocenters. The first-order valence-corrected chi connectivity index (χ1v) is 8.28. The third-order valence-electron chi connectivity index (χ3n) is 5.05. The molecule has 0 unspecified atom stereocenters. The third kappa shape index (κ3) is 2.71. The van der Waals surface area contributed by atoms with Crippen molar-refractivity contribution < 1.29 is 14.3 Å². The van der Waals surface area contributed by atoms with E-state index < -0.39 is 0 Å². The molecule has 4 rings (SSSR count). The number of hydrogen-bond acceptors (Lipinski definition) is 5. The van der Waals surface area contributed by atoms with E-state index in [-0.39, 0.29) is 24.0 Å². The van der Waals surface area contributed by atoms with Gasteiger partial charge in [0, 0.05) is 39.0 Å². The average molecular weight is 319 g/mol. The van der Waals surface area contributed by atoms with Gasteiger partial charge in [0.05, 0.1) is 30.6 Å². The molecule has 0 spiro atoms. The van der Waals surface area contributed by atoms with Crippen LogP contribution in [0.15, 0.2) is 6.20 Å². The van der Waals surface area contributed by atoms with Gasteiger partial charge in [0.1, 0.15) is 0 Å². The van der Waals surface area contributed by atoms with Crippen LogP contribution in [0.3, 0.4) is 0 Å². The van der Waals surface area contributed by atoms with Crippen LogP contribution in [0.25, 0.3) is 0 Å². The molecule has 0 aromatic carbocycles. The van der Waals surface area contributed by atoms with Gasteiger partial charge in [-0.1, -0.05) is 5.21 Å². The van der Waals surface area contributed by atoms with Crippen LogP contribution in [0.5, 0.6) is 0 Å². The maximum Gasteiger partial charge on any atom is 0.224 e. The second-order valence-electron chi connectivity index (χ2n) is 6.45. The van der Waals surface area contributed by atoms with Crippen molar-refractivity contribution in [3.05, 3.63) is 11.9 Å². The summed E-state index contributed by atoms with van der Waals surface area (Å²) < 4.78 is 7.76.